The van der Waals surface area contributed by atoms with Crippen molar-refractivity contribution in [2.75, 3.05) is 5.73 Å². The molecule has 1 fully saturated rings. The molecule has 1 aromatic rings. The number of aromatic nitrogens is 1. The summed E-state index contributed by atoms with van der Waals surface area (Å²) in [7, 11) is 0. The first-order valence-corrected chi connectivity index (χ1v) is 6.30. The molecule has 2 rings (SSSR count). The Kier molecular flexibility index (Phi) is 3.69. The zero-order chi connectivity index (χ0) is 13.1. The van der Waals surface area contributed by atoms with Gasteiger partial charge in [-0.2, -0.15) is 0 Å². The molecule has 0 saturated heterocycles. The predicted molar refractivity (Wildman–Crippen MR) is 70.1 cm³/mol. The third-order valence-corrected chi connectivity index (χ3v) is 3.11. The first-order chi connectivity index (χ1) is 8.54. The highest BCUT2D eigenvalue weighted by Gasteiger charge is 2.24. The van der Waals surface area contributed by atoms with Gasteiger partial charge in [0.2, 0.25) is 5.91 Å². The molecule has 98 valence electrons. The van der Waals surface area contributed by atoms with Gasteiger partial charge in [-0.25, -0.2) is 0 Å². The topological polar surface area (TPSA) is 77.1 Å². The Labute approximate surface area is 106 Å². The maximum atomic E-state index is 11.8. The smallest absolute Gasteiger partial charge is 0.251 e. The van der Waals surface area contributed by atoms with Crippen molar-refractivity contribution in [1.29, 1.82) is 0 Å². The molecule has 5 heteroatoms. The fraction of sp³-hybridized carbons (Fsp3) is 0.538. The first kappa shape index (κ1) is 12.7. The summed E-state index contributed by atoms with van der Waals surface area (Å²) < 4.78 is 1.33. The average Bonchev–Trinajstić information content (AvgIpc) is 3.07. The molecule has 0 aliphatic heterocycles. The normalized spacial score (nSPS) is 16.3. The van der Waals surface area contributed by atoms with Crippen LogP contribution in [0.4, 0.5) is 5.69 Å². The Balaban J connectivity index is 1.89. The highest BCUT2D eigenvalue weighted by molar-refractivity contribution is 5.76. The first-order valence-electron chi connectivity index (χ1n) is 6.30. The van der Waals surface area contributed by atoms with Crippen LogP contribution in [0, 0.1) is 5.92 Å². The molecule has 5 nitrogen and oxygen atoms in total. The van der Waals surface area contributed by atoms with Crippen LogP contribution in [-0.4, -0.2) is 16.5 Å². The zero-order valence-electron chi connectivity index (χ0n) is 10.6. The molecule has 0 aromatic carbocycles. The van der Waals surface area contributed by atoms with Gasteiger partial charge >= 0.3 is 0 Å². The lowest BCUT2D eigenvalue weighted by molar-refractivity contribution is -0.122. The minimum absolute atomic E-state index is 0.0267. The van der Waals surface area contributed by atoms with Crippen LogP contribution in [0.5, 0.6) is 0 Å². The van der Waals surface area contributed by atoms with Gasteiger partial charge in [0.1, 0.15) is 6.54 Å². The van der Waals surface area contributed by atoms with Gasteiger partial charge in [0.15, 0.2) is 0 Å². The molecule has 1 saturated carbocycles. The Morgan fingerprint density at radius 3 is 2.94 bits per heavy atom. The molecule has 3 N–H and O–H groups in total. The van der Waals surface area contributed by atoms with Crippen molar-refractivity contribution in [3.05, 3.63) is 28.7 Å². The number of amides is 1. The molecule has 1 amide bonds. The molecule has 0 spiro atoms. The number of hydrogen-bond acceptors (Lipinski definition) is 3. The monoisotopic (exact) mass is 249 g/mol. The van der Waals surface area contributed by atoms with Crippen LogP contribution in [-0.2, 0) is 11.3 Å². The summed E-state index contributed by atoms with van der Waals surface area (Å²) >= 11 is 0. The van der Waals surface area contributed by atoms with Crippen molar-refractivity contribution in [2.45, 2.75) is 38.8 Å². The fourth-order valence-electron chi connectivity index (χ4n) is 2.06. The van der Waals surface area contributed by atoms with Crippen molar-refractivity contribution >= 4 is 11.6 Å². The molecule has 0 radical (unpaired) electrons. The number of carbonyl (C=O) groups excluding carboxylic acids is 1. The fourth-order valence-corrected chi connectivity index (χ4v) is 2.06. The second-order valence-electron chi connectivity index (χ2n) is 5.08. The number of rotatable bonds is 5. The maximum absolute atomic E-state index is 11.8. The molecule has 1 aliphatic carbocycles. The largest absolute Gasteiger partial charge is 0.398 e. The van der Waals surface area contributed by atoms with E-state index in [2.05, 4.69) is 5.32 Å². The lowest BCUT2D eigenvalue weighted by atomic mass is 10.1. The second kappa shape index (κ2) is 5.25. The number of nitrogens with zero attached hydrogens (tertiary/aromatic N) is 1. The van der Waals surface area contributed by atoms with E-state index in [0.29, 0.717) is 5.69 Å². The molecule has 1 heterocycles. The van der Waals surface area contributed by atoms with Crippen LogP contribution in [0.1, 0.15) is 26.2 Å². The lowest BCUT2D eigenvalue weighted by Crippen LogP contribution is -2.37. The zero-order valence-corrected chi connectivity index (χ0v) is 10.6. The van der Waals surface area contributed by atoms with E-state index in [4.69, 9.17) is 5.73 Å². The molecule has 1 unspecified atom stereocenters. The third kappa shape index (κ3) is 3.61. The number of anilines is 1. The molecule has 0 bridgehead atoms. The van der Waals surface area contributed by atoms with E-state index in [1.165, 1.54) is 35.7 Å². The lowest BCUT2D eigenvalue weighted by Gasteiger charge is -2.14. The number of nitrogens with two attached hydrogens (primary N) is 1. The van der Waals surface area contributed by atoms with Gasteiger partial charge in [0.05, 0.1) is 0 Å². The van der Waals surface area contributed by atoms with E-state index in [1.807, 2.05) is 6.92 Å². The summed E-state index contributed by atoms with van der Waals surface area (Å²) in [5, 5.41) is 2.91. The molecule has 1 aliphatic rings. The van der Waals surface area contributed by atoms with Crippen molar-refractivity contribution in [3.8, 4) is 0 Å². The van der Waals surface area contributed by atoms with Gasteiger partial charge < -0.3 is 15.6 Å². The van der Waals surface area contributed by atoms with Crippen molar-refractivity contribution in [3.63, 3.8) is 0 Å². The van der Waals surface area contributed by atoms with E-state index >= 15 is 0 Å². The summed E-state index contributed by atoms with van der Waals surface area (Å²) in [6.45, 7) is 2.03. The standard InChI is InChI=1S/C13H19N3O2/c1-9(6-10-2-3-10)15-12(17)8-16-7-11(14)4-5-13(16)18/h4-5,7,9-10H,2-3,6,8,14H2,1H3,(H,15,17). The maximum Gasteiger partial charge on any atom is 0.251 e. The Bertz CT molecular complexity index is 491. The van der Waals surface area contributed by atoms with E-state index < -0.39 is 0 Å². The van der Waals surface area contributed by atoms with Gasteiger partial charge in [-0.05, 0) is 25.3 Å². The van der Waals surface area contributed by atoms with Crippen LogP contribution in [0.2, 0.25) is 0 Å². The Morgan fingerprint density at radius 2 is 2.28 bits per heavy atom. The average molecular weight is 249 g/mol. The molecular weight excluding hydrogens is 230 g/mol. The molecule has 18 heavy (non-hydrogen) atoms. The van der Waals surface area contributed by atoms with Gasteiger partial charge in [-0.15, -0.1) is 0 Å². The molecule has 1 atom stereocenters. The van der Waals surface area contributed by atoms with Crippen molar-refractivity contribution in [1.82, 2.24) is 9.88 Å². The molecular formula is C13H19N3O2. The van der Waals surface area contributed by atoms with Crippen LogP contribution >= 0.6 is 0 Å². The van der Waals surface area contributed by atoms with Gasteiger partial charge in [-0.1, -0.05) is 12.8 Å². The number of carbonyl (C=O) groups is 1. The summed E-state index contributed by atoms with van der Waals surface area (Å²) in [4.78, 5) is 23.3. The van der Waals surface area contributed by atoms with E-state index in [0.717, 1.165) is 12.3 Å². The summed E-state index contributed by atoms with van der Waals surface area (Å²) in [6.07, 6.45) is 5.06. The van der Waals surface area contributed by atoms with Crippen LogP contribution < -0.4 is 16.6 Å². The van der Waals surface area contributed by atoms with Crippen LogP contribution in [0.25, 0.3) is 0 Å². The van der Waals surface area contributed by atoms with Crippen molar-refractivity contribution in [2.24, 2.45) is 5.92 Å². The van der Waals surface area contributed by atoms with E-state index in [1.54, 1.807) is 0 Å². The van der Waals surface area contributed by atoms with Gasteiger partial charge in [-0.3, -0.25) is 9.59 Å². The minimum Gasteiger partial charge on any atom is -0.398 e. The van der Waals surface area contributed by atoms with Gasteiger partial charge in [0, 0.05) is 24.0 Å². The Morgan fingerprint density at radius 1 is 1.56 bits per heavy atom. The summed E-state index contributed by atoms with van der Waals surface area (Å²) in [5.41, 5.74) is 5.85. The molecule has 1 aromatic heterocycles. The third-order valence-electron chi connectivity index (χ3n) is 3.11. The van der Waals surface area contributed by atoms with E-state index in [9.17, 15) is 9.59 Å². The number of nitrogen functional groups attached to an aromatic ring is 1. The van der Waals surface area contributed by atoms with Crippen LogP contribution in [0.3, 0.4) is 0 Å². The number of hydrogen-bond donors (Lipinski definition) is 2. The van der Waals surface area contributed by atoms with Crippen molar-refractivity contribution < 1.29 is 4.79 Å². The number of pyridine rings is 1. The number of nitrogens with one attached hydrogen (secondary N) is 1. The SMILES string of the molecule is CC(CC1CC1)NC(=O)Cn1cc(N)ccc1=O. The minimum atomic E-state index is -0.214. The highest BCUT2D eigenvalue weighted by Crippen LogP contribution is 2.33. The summed E-state index contributed by atoms with van der Waals surface area (Å²) in [5.74, 6) is 0.631. The quantitative estimate of drug-likeness (QED) is 0.807. The van der Waals surface area contributed by atoms with E-state index in [-0.39, 0.29) is 24.1 Å². The summed E-state index contributed by atoms with van der Waals surface area (Å²) in [6, 6.07) is 3.07. The van der Waals surface area contributed by atoms with Gasteiger partial charge in [0.25, 0.3) is 5.56 Å². The Hall–Kier alpha value is -1.78. The second-order valence-corrected chi connectivity index (χ2v) is 5.08. The highest BCUT2D eigenvalue weighted by atomic mass is 16.2. The predicted octanol–water partition coefficient (Wildman–Crippen LogP) is 0.735. The van der Waals surface area contributed by atoms with Crippen LogP contribution in [0.15, 0.2) is 23.1 Å².